The number of nitrogens with one attached hydrogen (secondary N) is 3. The molecule has 2 aromatic heterocycles. The molecule has 20 heteroatoms. The molecule has 0 saturated carbocycles. The number of aryl methyl sites for hydroxylation is 2. The van der Waals surface area contributed by atoms with Gasteiger partial charge in [-0.05, 0) is 61.1 Å². The molecule has 4 heterocycles. The number of nitrogens with zero attached hydrogens (tertiary/aromatic N) is 2. The van der Waals surface area contributed by atoms with Gasteiger partial charge in [-0.1, -0.05) is 66.0 Å². The Morgan fingerprint density at radius 2 is 1.27 bits per heavy atom. The second-order valence-corrected chi connectivity index (χ2v) is 19.8. The van der Waals surface area contributed by atoms with Crippen LogP contribution in [0.25, 0.3) is 0 Å². The number of hydrogen-bond donors (Lipinski definition) is 3. The van der Waals surface area contributed by atoms with Gasteiger partial charge in [0.05, 0.1) is 33.5 Å². The van der Waals surface area contributed by atoms with Crippen molar-refractivity contribution in [2.45, 2.75) is 76.0 Å². The average molecular weight is 920 g/mol. The highest BCUT2D eigenvalue weighted by Gasteiger charge is 2.46. The fraction of sp³-hybridized carbons (Fsp3) is 0.386. The largest absolute Gasteiger partial charge is 0.497 e. The number of methoxy groups -OCH3 is 2. The van der Waals surface area contributed by atoms with Gasteiger partial charge in [0.25, 0.3) is 11.1 Å². The minimum absolute atomic E-state index is 0.0481. The Labute approximate surface area is 371 Å². The summed E-state index contributed by atoms with van der Waals surface area (Å²) in [7, 11) is 3.17. The quantitative estimate of drug-likeness (QED) is 0.0655. The predicted molar refractivity (Wildman–Crippen MR) is 237 cm³/mol. The van der Waals surface area contributed by atoms with Crippen LogP contribution in [0, 0.1) is 13.8 Å². The molecule has 0 spiro atoms. The maximum Gasteiger partial charge on any atom is 0.330 e. The molecular weight excluding hydrogens is 870 g/mol. The van der Waals surface area contributed by atoms with Crippen molar-refractivity contribution >= 4 is 24.1 Å². The first-order chi connectivity index (χ1) is 30.7. The first kappa shape index (κ1) is 46.5. The topological polar surface area (TPSA) is 220 Å². The van der Waals surface area contributed by atoms with Crippen LogP contribution in [0.3, 0.4) is 0 Å². The van der Waals surface area contributed by atoms with Crippen LogP contribution in [-0.4, -0.2) is 83.1 Å². The van der Waals surface area contributed by atoms with Crippen LogP contribution in [0.1, 0.15) is 60.0 Å². The van der Waals surface area contributed by atoms with Crippen LogP contribution >= 0.6 is 18.1 Å². The lowest BCUT2D eigenvalue weighted by Gasteiger charge is -2.37. The Morgan fingerprint density at radius 1 is 0.766 bits per heavy atom. The van der Waals surface area contributed by atoms with Gasteiger partial charge < -0.3 is 32.9 Å². The van der Waals surface area contributed by atoms with Gasteiger partial charge in [-0.25, -0.2) is 14.7 Å². The third-order valence-electron chi connectivity index (χ3n) is 11.3. The standard InChI is InChI=1S/C44H50N5O13PS/c1-26-22-48(42(53)45-40(26)51)38-20-34(47-63(55,64-6)59-25-37-35(60-28(3)50)21-39(62-37)49-23-27(2)41(52)46-43(49)54)36(61-38)24-58-44(29-10-8-7-9-11-29,30-12-16-32(56-4)17-13-30)31-14-18-33(57-5)19-15-31/h7-19,22-23,34-39H,20-21,24-25H2,1-6H3,(H,47,55)(H,45,51,53)(H,46,52,54)/t34-,35-,36+,37+,38+,39+,63?/m0/s1. The summed E-state index contributed by atoms with van der Waals surface area (Å²) >= 11 is 0.916. The maximum absolute atomic E-state index is 14.8. The molecule has 0 bridgehead atoms. The van der Waals surface area contributed by atoms with E-state index in [4.69, 9.17) is 32.9 Å². The van der Waals surface area contributed by atoms with Crippen molar-refractivity contribution in [2.75, 3.05) is 33.7 Å². The third-order valence-corrected chi connectivity index (χ3v) is 14.9. The van der Waals surface area contributed by atoms with Gasteiger partial charge in [0.2, 0.25) is 0 Å². The highest BCUT2D eigenvalue weighted by Crippen LogP contribution is 2.56. The van der Waals surface area contributed by atoms with Gasteiger partial charge in [0.15, 0.2) is 0 Å². The minimum atomic E-state index is -3.90. The molecule has 2 saturated heterocycles. The third kappa shape index (κ3) is 9.90. The fourth-order valence-electron chi connectivity index (χ4n) is 7.95. The molecule has 5 aromatic rings. The van der Waals surface area contributed by atoms with Crippen molar-refractivity contribution in [1.82, 2.24) is 24.2 Å². The lowest BCUT2D eigenvalue weighted by molar-refractivity contribution is -0.150. The molecule has 340 valence electrons. The molecule has 2 aliphatic heterocycles. The summed E-state index contributed by atoms with van der Waals surface area (Å²) in [5.74, 6) is 0.675. The minimum Gasteiger partial charge on any atom is -0.497 e. The SMILES string of the molecule is COc1ccc(C(OC[C@H]2O[C@@H](n3cc(C)c(=O)[nH]c3=O)C[C@@H]2NP(=O)(OC[C@H]2O[C@@H](n3cc(C)c(=O)[nH]c3=O)C[C@@H]2OC(C)=O)SC)(c2ccccc2)c2ccc(OC)cc2)cc1. The number of aromatic nitrogens is 4. The van der Waals surface area contributed by atoms with Crippen molar-refractivity contribution < 1.29 is 42.3 Å². The normalized spacial score (nSPS) is 21.9. The summed E-state index contributed by atoms with van der Waals surface area (Å²) in [4.78, 5) is 67.2. The average Bonchev–Trinajstić information content (AvgIpc) is 3.88. The van der Waals surface area contributed by atoms with E-state index >= 15 is 0 Å². The molecule has 7 atom stereocenters. The number of hydrogen-bond acceptors (Lipinski definition) is 14. The smallest absolute Gasteiger partial charge is 0.330 e. The number of rotatable bonds is 17. The second kappa shape index (κ2) is 19.7. The molecule has 3 aromatic carbocycles. The first-order valence-corrected chi connectivity index (χ1v) is 23.8. The first-order valence-electron chi connectivity index (χ1n) is 20.4. The molecule has 64 heavy (non-hydrogen) atoms. The predicted octanol–water partition coefficient (Wildman–Crippen LogP) is 4.68. The van der Waals surface area contributed by atoms with E-state index in [9.17, 15) is 28.5 Å². The van der Waals surface area contributed by atoms with E-state index in [0.29, 0.717) is 11.5 Å². The van der Waals surface area contributed by atoms with Crippen molar-refractivity contribution in [3.8, 4) is 11.5 Å². The van der Waals surface area contributed by atoms with E-state index in [0.717, 1.165) is 28.1 Å². The number of aromatic amines is 2. The summed E-state index contributed by atoms with van der Waals surface area (Å²) in [5, 5.41) is 3.18. The fourth-order valence-corrected chi connectivity index (χ4v) is 10.5. The Hall–Kier alpha value is -5.53. The van der Waals surface area contributed by atoms with E-state index in [1.54, 1.807) is 34.3 Å². The zero-order valence-corrected chi connectivity index (χ0v) is 37.7. The number of H-pyrrole nitrogens is 2. The number of benzene rings is 3. The molecular formula is C44H50N5O13PS. The zero-order chi connectivity index (χ0) is 45.8. The molecule has 7 rings (SSSR count). The van der Waals surface area contributed by atoms with Crippen molar-refractivity contribution in [3.05, 3.63) is 161 Å². The van der Waals surface area contributed by atoms with E-state index in [1.807, 2.05) is 78.9 Å². The molecule has 1 unspecified atom stereocenters. The molecule has 2 aliphatic rings. The van der Waals surface area contributed by atoms with E-state index in [2.05, 4.69) is 15.1 Å². The number of esters is 1. The highest BCUT2D eigenvalue weighted by molar-refractivity contribution is 8.55. The Kier molecular flexibility index (Phi) is 14.3. The van der Waals surface area contributed by atoms with Gasteiger partial charge in [0.1, 0.15) is 41.8 Å². The van der Waals surface area contributed by atoms with Crippen LogP contribution in [-0.2, 0) is 38.4 Å². The van der Waals surface area contributed by atoms with Crippen LogP contribution in [0.5, 0.6) is 11.5 Å². The number of carbonyl (C=O) groups excluding carboxylic acids is 1. The summed E-state index contributed by atoms with van der Waals surface area (Å²) < 4.78 is 59.9. The van der Waals surface area contributed by atoms with Crippen molar-refractivity contribution in [2.24, 2.45) is 0 Å². The Bertz CT molecular complexity index is 2680. The molecule has 18 nitrogen and oxygen atoms in total. The molecule has 0 amide bonds. The maximum atomic E-state index is 14.8. The van der Waals surface area contributed by atoms with Gasteiger partial charge in [-0.3, -0.25) is 38.1 Å². The van der Waals surface area contributed by atoms with Gasteiger partial charge in [-0.15, -0.1) is 0 Å². The number of ether oxygens (including phenoxy) is 6. The van der Waals surface area contributed by atoms with Crippen LogP contribution in [0.15, 0.2) is 110 Å². The van der Waals surface area contributed by atoms with Gasteiger partial charge in [-0.2, -0.15) is 0 Å². The summed E-state index contributed by atoms with van der Waals surface area (Å²) in [6.07, 6.45) is -0.118. The summed E-state index contributed by atoms with van der Waals surface area (Å²) in [6.45, 7) is -0.00874. The lowest BCUT2D eigenvalue weighted by Crippen LogP contribution is -2.42. The highest BCUT2D eigenvalue weighted by atomic mass is 32.7. The zero-order valence-electron chi connectivity index (χ0n) is 36.0. The second-order valence-electron chi connectivity index (χ2n) is 15.4. The summed E-state index contributed by atoms with van der Waals surface area (Å²) in [6, 6.07) is 23.8. The van der Waals surface area contributed by atoms with E-state index in [1.165, 1.54) is 28.5 Å². The van der Waals surface area contributed by atoms with Gasteiger partial charge >= 0.3 is 24.1 Å². The lowest BCUT2D eigenvalue weighted by atomic mass is 9.80. The van der Waals surface area contributed by atoms with Crippen LogP contribution < -0.4 is 37.1 Å². The molecule has 2 fully saturated rings. The Balaban J connectivity index is 1.22. The van der Waals surface area contributed by atoms with Crippen molar-refractivity contribution in [3.63, 3.8) is 0 Å². The molecule has 0 aliphatic carbocycles. The van der Waals surface area contributed by atoms with E-state index < -0.39 is 77.6 Å². The summed E-state index contributed by atoms with van der Waals surface area (Å²) in [5.41, 5.74) is -0.899. The van der Waals surface area contributed by atoms with E-state index in [-0.39, 0.29) is 37.2 Å². The molecule has 0 radical (unpaired) electrons. The van der Waals surface area contributed by atoms with Gasteiger partial charge in [0, 0.05) is 49.3 Å². The van der Waals surface area contributed by atoms with Crippen molar-refractivity contribution in [1.29, 1.82) is 0 Å². The van der Waals surface area contributed by atoms with Crippen LogP contribution in [0.2, 0.25) is 0 Å². The molecule has 3 N–H and O–H groups in total. The monoisotopic (exact) mass is 919 g/mol. The number of carbonyl (C=O) groups is 1. The Morgan fingerprint density at radius 3 is 1.77 bits per heavy atom. The van der Waals surface area contributed by atoms with Crippen LogP contribution in [0.4, 0.5) is 0 Å².